The second-order valence-corrected chi connectivity index (χ2v) is 7.21. The first-order valence-electron chi connectivity index (χ1n) is 9.76. The number of nitrogens with zero attached hydrogens (tertiary/aromatic N) is 4. The van der Waals surface area contributed by atoms with Gasteiger partial charge in [0.15, 0.2) is 0 Å². The van der Waals surface area contributed by atoms with Crippen LogP contribution in [0, 0.1) is 0 Å². The molecule has 158 valence electrons. The normalized spacial score (nSPS) is 10.9. The van der Waals surface area contributed by atoms with Crippen LogP contribution in [0.3, 0.4) is 0 Å². The SMILES string of the molecule is COc1ccc(-n2nc(Cc3ccccc3)n(CC(=O)NCCN(C)C)c2=O)cc1. The molecule has 8 heteroatoms. The molecular weight excluding hydrogens is 382 g/mol. The topological polar surface area (TPSA) is 81.4 Å². The average molecular weight is 409 g/mol. The van der Waals surface area contributed by atoms with E-state index in [1.807, 2.05) is 49.3 Å². The number of benzene rings is 2. The first kappa shape index (κ1) is 21.3. The van der Waals surface area contributed by atoms with Gasteiger partial charge in [-0.15, -0.1) is 5.10 Å². The van der Waals surface area contributed by atoms with Crippen LogP contribution < -0.4 is 15.7 Å². The Morgan fingerprint density at radius 1 is 1.10 bits per heavy atom. The number of aromatic nitrogens is 3. The van der Waals surface area contributed by atoms with Gasteiger partial charge in [0, 0.05) is 19.5 Å². The highest BCUT2D eigenvalue weighted by molar-refractivity contribution is 5.75. The summed E-state index contributed by atoms with van der Waals surface area (Å²) in [5.74, 6) is 1.00. The molecule has 0 bridgehead atoms. The van der Waals surface area contributed by atoms with E-state index in [9.17, 15) is 9.59 Å². The largest absolute Gasteiger partial charge is 0.497 e. The number of carbonyl (C=O) groups is 1. The Hall–Kier alpha value is -3.39. The van der Waals surface area contributed by atoms with Crippen molar-refractivity contribution in [3.8, 4) is 11.4 Å². The molecule has 1 aromatic heterocycles. The monoisotopic (exact) mass is 409 g/mol. The highest BCUT2D eigenvalue weighted by Gasteiger charge is 2.17. The molecule has 0 fully saturated rings. The van der Waals surface area contributed by atoms with Crippen LogP contribution in [-0.2, 0) is 17.8 Å². The smallest absolute Gasteiger partial charge is 0.351 e. The highest BCUT2D eigenvalue weighted by Crippen LogP contribution is 2.14. The summed E-state index contributed by atoms with van der Waals surface area (Å²) in [4.78, 5) is 27.5. The van der Waals surface area contributed by atoms with Crippen molar-refractivity contribution in [2.75, 3.05) is 34.3 Å². The lowest BCUT2D eigenvalue weighted by molar-refractivity contribution is -0.121. The van der Waals surface area contributed by atoms with Gasteiger partial charge < -0.3 is 15.0 Å². The zero-order valence-corrected chi connectivity index (χ0v) is 17.5. The molecule has 0 aliphatic heterocycles. The van der Waals surface area contributed by atoms with Crippen molar-refractivity contribution in [1.82, 2.24) is 24.6 Å². The Morgan fingerprint density at radius 3 is 2.43 bits per heavy atom. The lowest BCUT2D eigenvalue weighted by atomic mass is 10.1. The van der Waals surface area contributed by atoms with Gasteiger partial charge in [0.1, 0.15) is 18.1 Å². The molecule has 0 spiro atoms. The fourth-order valence-corrected chi connectivity index (χ4v) is 3.02. The van der Waals surface area contributed by atoms with Crippen molar-refractivity contribution in [3.05, 3.63) is 76.5 Å². The fraction of sp³-hybridized carbons (Fsp3) is 0.318. The van der Waals surface area contributed by atoms with E-state index in [1.165, 1.54) is 9.25 Å². The zero-order valence-electron chi connectivity index (χ0n) is 17.5. The molecule has 0 aliphatic rings. The molecule has 0 aliphatic carbocycles. The first-order valence-corrected chi connectivity index (χ1v) is 9.76. The molecular formula is C22H27N5O3. The van der Waals surface area contributed by atoms with Gasteiger partial charge in [-0.05, 0) is 43.9 Å². The number of likely N-dealkylation sites (N-methyl/N-ethyl adjacent to an activating group) is 1. The van der Waals surface area contributed by atoms with Gasteiger partial charge in [0.2, 0.25) is 5.91 Å². The van der Waals surface area contributed by atoms with E-state index in [0.717, 1.165) is 12.1 Å². The minimum atomic E-state index is -0.353. The van der Waals surface area contributed by atoms with Crippen LogP contribution in [0.4, 0.5) is 0 Å². The van der Waals surface area contributed by atoms with Gasteiger partial charge in [-0.3, -0.25) is 9.36 Å². The number of nitrogens with one attached hydrogen (secondary N) is 1. The van der Waals surface area contributed by atoms with Crippen molar-refractivity contribution in [1.29, 1.82) is 0 Å². The molecule has 0 unspecified atom stereocenters. The Labute approximate surface area is 175 Å². The third kappa shape index (κ3) is 5.36. The molecule has 0 saturated heterocycles. The van der Waals surface area contributed by atoms with Crippen molar-refractivity contribution in [3.63, 3.8) is 0 Å². The molecule has 8 nitrogen and oxygen atoms in total. The van der Waals surface area contributed by atoms with E-state index in [1.54, 1.807) is 31.4 Å². The van der Waals surface area contributed by atoms with Crippen LogP contribution in [0.15, 0.2) is 59.4 Å². The number of hydrogen-bond donors (Lipinski definition) is 1. The molecule has 1 heterocycles. The number of methoxy groups -OCH3 is 1. The lowest BCUT2D eigenvalue weighted by Crippen LogP contribution is -2.36. The molecule has 2 aromatic carbocycles. The quantitative estimate of drug-likeness (QED) is 0.576. The van der Waals surface area contributed by atoms with Gasteiger partial charge in [0.25, 0.3) is 0 Å². The number of ether oxygens (including phenoxy) is 1. The van der Waals surface area contributed by atoms with E-state index in [0.29, 0.717) is 30.2 Å². The zero-order chi connectivity index (χ0) is 21.5. The third-order valence-electron chi connectivity index (χ3n) is 4.64. The summed E-state index contributed by atoms with van der Waals surface area (Å²) in [5.41, 5.74) is 1.27. The molecule has 1 N–H and O–H groups in total. The molecule has 0 radical (unpaired) electrons. The van der Waals surface area contributed by atoms with Gasteiger partial charge in [0.05, 0.1) is 12.8 Å². The first-order chi connectivity index (χ1) is 14.5. The number of hydrogen-bond acceptors (Lipinski definition) is 5. The summed E-state index contributed by atoms with van der Waals surface area (Å²) in [6, 6.07) is 16.8. The van der Waals surface area contributed by atoms with Crippen LogP contribution >= 0.6 is 0 Å². The summed E-state index contributed by atoms with van der Waals surface area (Å²) in [7, 11) is 5.46. The lowest BCUT2D eigenvalue weighted by Gasteiger charge is -2.11. The number of rotatable bonds is 9. The highest BCUT2D eigenvalue weighted by atomic mass is 16.5. The fourth-order valence-electron chi connectivity index (χ4n) is 3.02. The van der Waals surface area contributed by atoms with Crippen LogP contribution in [0.25, 0.3) is 5.69 Å². The van der Waals surface area contributed by atoms with E-state index >= 15 is 0 Å². The standard InChI is InChI=1S/C22H27N5O3/c1-25(2)14-13-23-21(28)16-26-20(15-17-7-5-4-6-8-17)24-27(22(26)29)18-9-11-19(30-3)12-10-18/h4-12H,13-16H2,1-3H3,(H,23,28). The van der Waals surface area contributed by atoms with Gasteiger partial charge in [-0.25, -0.2) is 4.79 Å². The van der Waals surface area contributed by atoms with Crippen LogP contribution in [0.1, 0.15) is 11.4 Å². The minimum Gasteiger partial charge on any atom is -0.497 e. The van der Waals surface area contributed by atoms with Crippen LogP contribution in [-0.4, -0.2) is 59.4 Å². The van der Waals surface area contributed by atoms with E-state index in [-0.39, 0.29) is 18.1 Å². The van der Waals surface area contributed by atoms with E-state index in [4.69, 9.17) is 4.74 Å². The second-order valence-electron chi connectivity index (χ2n) is 7.21. The Morgan fingerprint density at radius 2 is 1.80 bits per heavy atom. The Bertz CT molecular complexity index is 1020. The van der Waals surface area contributed by atoms with Crippen molar-refractivity contribution < 1.29 is 9.53 Å². The van der Waals surface area contributed by atoms with E-state index in [2.05, 4.69) is 10.4 Å². The Balaban J connectivity index is 1.90. The maximum absolute atomic E-state index is 13.1. The maximum atomic E-state index is 13.1. The number of carbonyl (C=O) groups excluding carboxylic acids is 1. The molecule has 3 aromatic rings. The predicted molar refractivity (Wildman–Crippen MR) is 115 cm³/mol. The van der Waals surface area contributed by atoms with Crippen molar-refractivity contribution in [2.24, 2.45) is 0 Å². The molecule has 30 heavy (non-hydrogen) atoms. The minimum absolute atomic E-state index is 0.0788. The summed E-state index contributed by atoms with van der Waals surface area (Å²) < 4.78 is 7.94. The second kappa shape index (κ2) is 9.89. The third-order valence-corrected chi connectivity index (χ3v) is 4.64. The van der Waals surface area contributed by atoms with Gasteiger partial charge in [-0.2, -0.15) is 4.68 Å². The number of amides is 1. The summed E-state index contributed by atoms with van der Waals surface area (Å²) in [6.07, 6.45) is 0.449. The summed E-state index contributed by atoms with van der Waals surface area (Å²) in [5, 5.41) is 7.38. The molecule has 0 atom stereocenters. The summed E-state index contributed by atoms with van der Waals surface area (Å²) in [6.45, 7) is 1.16. The van der Waals surface area contributed by atoms with Crippen LogP contribution in [0.2, 0.25) is 0 Å². The molecule has 0 saturated carbocycles. The predicted octanol–water partition coefficient (Wildman–Crippen LogP) is 1.31. The van der Waals surface area contributed by atoms with Crippen molar-refractivity contribution in [2.45, 2.75) is 13.0 Å². The average Bonchev–Trinajstić information content (AvgIpc) is 3.04. The van der Waals surface area contributed by atoms with Gasteiger partial charge >= 0.3 is 5.69 Å². The Kier molecular flexibility index (Phi) is 7.03. The van der Waals surface area contributed by atoms with Gasteiger partial charge in [-0.1, -0.05) is 30.3 Å². The van der Waals surface area contributed by atoms with Crippen LogP contribution in [0.5, 0.6) is 5.75 Å². The summed E-state index contributed by atoms with van der Waals surface area (Å²) >= 11 is 0. The maximum Gasteiger partial charge on any atom is 0.351 e. The molecule has 3 rings (SSSR count). The van der Waals surface area contributed by atoms with Crippen molar-refractivity contribution >= 4 is 5.91 Å². The van der Waals surface area contributed by atoms with E-state index < -0.39 is 0 Å². The molecule has 1 amide bonds.